The Labute approximate surface area is 86.0 Å². The molecule has 1 aromatic carbocycles. The summed E-state index contributed by atoms with van der Waals surface area (Å²) < 4.78 is 5.04. The average molecular weight is 210 g/mol. The van der Waals surface area contributed by atoms with E-state index in [0.717, 1.165) is 6.16 Å². The van der Waals surface area contributed by atoms with E-state index in [2.05, 4.69) is 19.1 Å². The Balaban J connectivity index is 2.58. The van der Waals surface area contributed by atoms with Gasteiger partial charge in [0.05, 0.1) is 0 Å². The van der Waals surface area contributed by atoms with E-state index in [9.17, 15) is 4.79 Å². The molecule has 0 unspecified atom stereocenters. The normalized spacial score (nSPS) is 12.1. The van der Waals surface area contributed by atoms with Gasteiger partial charge in [-0.05, 0) is 19.4 Å². The minimum Gasteiger partial charge on any atom is -0.461 e. The Hall–Kier alpha value is -0.880. The zero-order valence-corrected chi connectivity index (χ0v) is 9.46. The van der Waals surface area contributed by atoms with E-state index in [1.807, 2.05) is 18.2 Å². The Bertz CT molecular complexity index is 285. The summed E-state index contributed by atoms with van der Waals surface area (Å²) in [6.07, 6.45) is 1.60. The van der Waals surface area contributed by atoms with Crippen LogP contribution in [0.5, 0.6) is 0 Å². The van der Waals surface area contributed by atoms with Crippen LogP contribution in [-0.4, -0.2) is 18.5 Å². The lowest BCUT2D eigenvalue weighted by molar-refractivity contribution is -0.138. The van der Waals surface area contributed by atoms with Crippen molar-refractivity contribution in [2.75, 3.05) is 12.5 Å². The molecule has 1 rings (SSSR count). The van der Waals surface area contributed by atoms with Gasteiger partial charge in [-0.1, -0.05) is 37.3 Å². The number of carbonyl (C=O) groups is 1. The number of hydrogen-bond donors (Lipinski definition) is 0. The standard InChI is InChI=1S/C11H15O2P/c1-3-14(9-13-10(2)12)11-7-5-4-6-8-11/h4-8H,3,9H2,1-2H3/t14-/m1/s1. The average Bonchev–Trinajstić information content (AvgIpc) is 2.20. The van der Waals surface area contributed by atoms with Gasteiger partial charge in [0.15, 0.2) is 0 Å². The number of rotatable bonds is 4. The first-order valence-corrected chi connectivity index (χ1v) is 6.38. The molecule has 2 nitrogen and oxygen atoms in total. The molecule has 0 aromatic heterocycles. The fraction of sp³-hybridized carbons (Fsp3) is 0.364. The molecule has 0 fully saturated rings. The number of hydrogen-bond acceptors (Lipinski definition) is 2. The Kier molecular flexibility index (Phi) is 4.61. The summed E-state index contributed by atoms with van der Waals surface area (Å²) in [6, 6.07) is 10.2. The second-order valence-electron chi connectivity index (χ2n) is 2.96. The zero-order valence-electron chi connectivity index (χ0n) is 8.56. The maximum absolute atomic E-state index is 10.7. The minimum absolute atomic E-state index is 0.193. The molecule has 0 bridgehead atoms. The minimum atomic E-state index is -0.329. The molecule has 0 saturated heterocycles. The molecule has 3 heteroatoms. The molecule has 1 aromatic rings. The lowest BCUT2D eigenvalue weighted by atomic mass is 10.4. The first kappa shape index (κ1) is 11.2. The second-order valence-corrected chi connectivity index (χ2v) is 5.44. The van der Waals surface area contributed by atoms with Gasteiger partial charge >= 0.3 is 5.97 Å². The van der Waals surface area contributed by atoms with E-state index in [0.29, 0.717) is 6.35 Å². The summed E-state index contributed by atoms with van der Waals surface area (Å²) >= 11 is 0. The molecule has 0 saturated carbocycles. The molecule has 0 aliphatic carbocycles. The van der Waals surface area contributed by atoms with Crippen LogP contribution in [0.3, 0.4) is 0 Å². The van der Waals surface area contributed by atoms with Gasteiger partial charge in [0.2, 0.25) is 0 Å². The Morgan fingerprint density at radius 3 is 2.50 bits per heavy atom. The highest BCUT2D eigenvalue weighted by Gasteiger charge is 2.09. The van der Waals surface area contributed by atoms with Crippen LogP contribution in [-0.2, 0) is 9.53 Å². The third-order valence-corrected chi connectivity index (χ3v) is 4.16. The van der Waals surface area contributed by atoms with E-state index in [1.165, 1.54) is 12.2 Å². The van der Waals surface area contributed by atoms with Crippen LogP contribution in [0.1, 0.15) is 13.8 Å². The summed E-state index contributed by atoms with van der Waals surface area (Å²) in [5.41, 5.74) is 0. The van der Waals surface area contributed by atoms with Crippen LogP contribution in [0.15, 0.2) is 30.3 Å². The van der Waals surface area contributed by atoms with Crippen molar-refractivity contribution in [1.82, 2.24) is 0 Å². The van der Waals surface area contributed by atoms with Crippen LogP contribution < -0.4 is 5.30 Å². The van der Waals surface area contributed by atoms with Gasteiger partial charge in [0, 0.05) is 6.92 Å². The van der Waals surface area contributed by atoms with Gasteiger partial charge in [-0.25, -0.2) is 0 Å². The predicted molar refractivity (Wildman–Crippen MR) is 60.2 cm³/mol. The van der Waals surface area contributed by atoms with Crippen LogP contribution >= 0.6 is 7.92 Å². The highest BCUT2D eigenvalue weighted by molar-refractivity contribution is 7.65. The van der Waals surface area contributed by atoms with Crippen molar-refractivity contribution in [2.24, 2.45) is 0 Å². The number of ether oxygens (including phenoxy) is 1. The SMILES string of the molecule is CC[P@](COC(C)=O)c1ccccc1. The largest absolute Gasteiger partial charge is 0.461 e. The van der Waals surface area contributed by atoms with Gasteiger partial charge in [-0.3, -0.25) is 4.79 Å². The highest BCUT2D eigenvalue weighted by atomic mass is 31.1. The monoisotopic (exact) mass is 210 g/mol. The van der Waals surface area contributed by atoms with Crippen molar-refractivity contribution in [3.63, 3.8) is 0 Å². The van der Waals surface area contributed by atoms with E-state index >= 15 is 0 Å². The fourth-order valence-electron chi connectivity index (χ4n) is 1.16. The van der Waals surface area contributed by atoms with Gasteiger partial charge < -0.3 is 4.74 Å². The van der Waals surface area contributed by atoms with Crippen molar-refractivity contribution in [3.8, 4) is 0 Å². The number of benzene rings is 1. The van der Waals surface area contributed by atoms with Crippen molar-refractivity contribution in [1.29, 1.82) is 0 Å². The Morgan fingerprint density at radius 2 is 2.00 bits per heavy atom. The molecule has 0 spiro atoms. The molecule has 0 aliphatic rings. The maximum Gasteiger partial charge on any atom is 0.302 e. The molecule has 0 heterocycles. The summed E-state index contributed by atoms with van der Waals surface area (Å²) in [5.74, 6) is -0.193. The predicted octanol–water partition coefficient (Wildman–Crippen LogP) is 2.33. The molecular weight excluding hydrogens is 195 g/mol. The van der Waals surface area contributed by atoms with Gasteiger partial charge in [-0.2, -0.15) is 0 Å². The van der Waals surface area contributed by atoms with E-state index in [-0.39, 0.29) is 13.9 Å². The topological polar surface area (TPSA) is 26.3 Å². The molecule has 76 valence electrons. The van der Waals surface area contributed by atoms with Crippen molar-refractivity contribution in [3.05, 3.63) is 30.3 Å². The summed E-state index contributed by atoms with van der Waals surface area (Å²) in [6.45, 7) is 3.58. The third-order valence-electron chi connectivity index (χ3n) is 1.93. The lowest BCUT2D eigenvalue weighted by Crippen LogP contribution is -2.08. The smallest absolute Gasteiger partial charge is 0.302 e. The van der Waals surface area contributed by atoms with E-state index in [1.54, 1.807) is 0 Å². The summed E-state index contributed by atoms with van der Waals surface area (Å²) in [4.78, 5) is 10.7. The fourth-order valence-corrected chi connectivity index (χ4v) is 2.78. The van der Waals surface area contributed by atoms with Gasteiger partial charge in [0.25, 0.3) is 0 Å². The number of esters is 1. The second kappa shape index (κ2) is 5.77. The van der Waals surface area contributed by atoms with Crippen molar-refractivity contribution < 1.29 is 9.53 Å². The first-order chi connectivity index (χ1) is 6.74. The van der Waals surface area contributed by atoms with Crippen LogP contribution in [0.25, 0.3) is 0 Å². The van der Waals surface area contributed by atoms with Crippen LogP contribution in [0.2, 0.25) is 0 Å². The zero-order chi connectivity index (χ0) is 10.4. The molecule has 14 heavy (non-hydrogen) atoms. The summed E-state index contributed by atoms with van der Waals surface area (Å²) in [5, 5.41) is 1.30. The van der Waals surface area contributed by atoms with Gasteiger partial charge in [-0.15, -0.1) is 0 Å². The van der Waals surface area contributed by atoms with Crippen molar-refractivity contribution >= 4 is 19.2 Å². The molecule has 1 atom stereocenters. The van der Waals surface area contributed by atoms with E-state index < -0.39 is 0 Å². The van der Waals surface area contributed by atoms with Crippen LogP contribution in [0.4, 0.5) is 0 Å². The maximum atomic E-state index is 10.7. The van der Waals surface area contributed by atoms with E-state index in [4.69, 9.17) is 4.74 Å². The molecular formula is C11H15O2P. The molecule has 0 N–H and O–H groups in total. The van der Waals surface area contributed by atoms with Crippen LogP contribution in [0, 0.1) is 0 Å². The molecule has 0 radical (unpaired) electrons. The summed E-state index contributed by atoms with van der Waals surface area (Å²) in [7, 11) is -0.329. The number of carbonyl (C=O) groups excluding carboxylic acids is 1. The Morgan fingerprint density at radius 1 is 1.36 bits per heavy atom. The first-order valence-electron chi connectivity index (χ1n) is 4.67. The lowest BCUT2D eigenvalue weighted by Gasteiger charge is -2.15. The molecule has 0 aliphatic heterocycles. The van der Waals surface area contributed by atoms with Crippen molar-refractivity contribution in [2.45, 2.75) is 13.8 Å². The van der Waals surface area contributed by atoms with Gasteiger partial charge in [0.1, 0.15) is 6.35 Å². The quantitative estimate of drug-likeness (QED) is 0.563. The highest BCUT2D eigenvalue weighted by Crippen LogP contribution is 2.33. The molecule has 0 amide bonds. The third kappa shape index (κ3) is 3.47.